The summed E-state index contributed by atoms with van der Waals surface area (Å²) in [5.41, 5.74) is 0. The van der Waals surface area contributed by atoms with Gasteiger partial charge < -0.3 is 0 Å². The van der Waals surface area contributed by atoms with E-state index in [0.29, 0.717) is 10.6 Å². The van der Waals surface area contributed by atoms with Gasteiger partial charge >= 0.3 is 0 Å². The Hall–Kier alpha value is -2.83. The molecule has 0 fully saturated rings. The zero-order valence-corrected chi connectivity index (χ0v) is 20.3. The van der Waals surface area contributed by atoms with Crippen molar-refractivity contribution in [2.24, 2.45) is 0 Å². The SMILES string of the molecule is O=C1SC(=O)C(P(c2ccccc2)c2ccccc2)=C1P(c1ccccc1)c1ccccc1. The van der Waals surface area contributed by atoms with E-state index < -0.39 is 15.8 Å². The number of benzene rings is 4. The zero-order valence-electron chi connectivity index (χ0n) is 17.7. The fourth-order valence-electron chi connectivity index (χ4n) is 3.89. The highest BCUT2D eigenvalue weighted by atomic mass is 32.2. The van der Waals surface area contributed by atoms with Crippen molar-refractivity contribution in [1.29, 1.82) is 0 Å². The van der Waals surface area contributed by atoms with Gasteiger partial charge in [0.15, 0.2) is 0 Å². The van der Waals surface area contributed by atoms with Crippen LogP contribution in [0.5, 0.6) is 0 Å². The standard InChI is InChI=1S/C28H20O2P2S/c29-27-25(31(21-13-5-1-6-14-21)22-15-7-2-8-16-22)26(28(30)33-27)32(23-17-9-3-10-18-23)24-19-11-4-12-20-24/h1-20H. The number of carbonyl (C=O) groups is 2. The van der Waals surface area contributed by atoms with E-state index in [1.165, 1.54) is 0 Å². The minimum atomic E-state index is -1.17. The van der Waals surface area contributed by atoms with E-state index in [1.807, 2.05) is 72.8 Å². The summed E-state index contributed by atoms with van der Waals surface area (Å²) in [7, 11) is -2.33. The molecule has 5 heteroatoms. The predicted molar refractivity (Wildman–Crippen MR) is 143 cm³/mol. The Balaban J connectivity index is 1.80. The highest BCUT2D eigenvalue weighted by molar-refractivity contribution is 8.29. The molecule has 0 amide bonds. The molecule has 0 radical (unpaired) electrons. The molecule has 0 saturated heterocycles. The molecule has 0 saturated carbocycles. The van der Waals surface area contributed by atoms with Crippen LogP contribution in [0.2, 0.25) is 0 Å². The molecule has 2 nitrogen and oxygen atoms in total. The van der Waals surface area contributed by atoms with E-state index in [4.69, 9.17) is 0 Å². The summed E-state index contributed by atoms with van der Waals surface area (Å²) < 4.78 is 0. The van der Waals surface area contributed by atoms with E-state index in [-0.39, 0.29) is 10.2 Å². The molecule has 0 aromatic heterocycles. The van der Waals surface area contributed by atoms with Gasteiger partial charge in [0.05, 0.1) is 10.6 Å². The topological polar surface area (TPSA) is 34.1 Å². The minimum absolute atomic E-state index is 0.117. The summed E-state index contributed by atoms with van der Waals surface area (Å²) in [6, 6.07) is 40.5. The normalized spacial score (nSPS) is 13.9. The van der Waals surface area contributed by atoms with Crippen molar-refractivity contribution in [3.8, 4) is 0 Å². The maximum Gasteiger partial charge on any atom is 0.229 e. The van der Waals surface area contributed by atoms with Gasteiger partial charge in [-0.2, -0.15) is 0 Å². The molecule has 33 heavy (non-hydrogen) atoms. The quantitative estimate of drug-likeness (QED) is 0.352. The molecule has 160 valence electrons. The monoisotopic (exact) mass is 482 g/mol. The molecule has 0 N–H and O–H groups in total. The number of rotatable bonds is 6. The van der Waals surface area contributed by atoms with E-state index in [2.05, 4.69) is 48.5 Å². The first kappa shape index (κ1) is 22.0. The number of carbonyl (C=O) groups excluding carboxylic acids is 2. The minimum Gasteiger partial charge on any atom is -0.281 e. The van der Waals surface area contributed by atoms with Gasteiger partial charge in [0, 0.05) is 0 Å². The lowest BCUT2D eigenvalue weighted by atomic mass is 10.4. The van der Waals surface area contributed by atoms with Gasteiger partial charge in [0.1, 0.15) is 0 Å². The average Bonchev–Trinajstić information content (AvgIpc) is 3.15. The third kappa shape index (κ3) is 4.50. The van der Waals surface area contributed by atoms with E-state index >= 15 is 0 Å². The first-order valence-corrected chi connectivity index (χ1v) is 14.1. The highest BCUT2D eigenvalue weighted by Gasteiger charge is 2.42. The smallest absolute Gasteiger partial charge is 0.229 e. The fraction of sp³-hybridized carbons (Fsp3) is 0. The Kier molecular flexibility index (Phi) is 6.65. The largest absolute Gasteiger partial charge is 0.281 e. The van der Waals surface area contributed by atoms with Crippen molar-refractivity contribution in [1.82, 2.24) is 0 Å². The maximum absolute atomic E-state index is 13.5. The van der Waals surface area contributed by atoms with Crippen LogP contribution in [0.25, 0.3) is 0 Å². The van der Waals surface area contributed by atoms with Gasteiger partial charge in [-0.15, -0.1) is 0 Å². The van der Waals surface area contributed by atoms with Gasteiger partial charge in [-0.05, 0) is 48.8 Å². The third-order valence-corrected chi connectivity index (χ3v) is 11.6. The van der Waals surface area contributed by atoms with Gasteiger partial charge in [-0.25, -0.2) is 0 Å². The van der Waals surface area contributed by atoms with Gasteiger partial charge in [-0.3, -0.25) is 9.59 Å². The van der Waals surface area contributed by atoms with Crippen LogP contribution in [0.1, 0.15) is 0 Å². The molecule has 1 aliphatic heterocycles. The zero-order chi connectivity index (χ0) is 22.6. The molecule has 4 aromatic rings. The fourth-order valence-corrected chi connectivity index (χ4v) is 10.5. The van der Waals surface area contributed by atoms with Crippen molar-refractivity contribution < 1.29 is 9.59 Å². The number of hydrogen-bond donors (Lipinski definition) is 0. The summed E-state index contributed by atoms with van der Waals surface area (Å²) >= 11 is 0.852. The summed E-state index contributed by atoms with van der Waals surface area (Å²) in [6.45, 7) is 0. The maximum atomic E-state index is 13.5. The molecule has 0 bridgehead atoms. The molecule has 5 rings (SSSR count). The Morgan fingerprint density at radius 3 is 0.879 bits per heavy atom. The Morgan fingerprint density at radius 2 is 0.636 bits per heavy atom. The average molecular weight is 482 g/mol. The lowest BCUT2D eigenvalue weighted by Crippen LogP contribution is -2.18. The second kappa shape index (κ2) is 9.98. The second-order valence-corrected chi connectivity index (χ2v) is 12.6. The molecule has 0 atom stereocenters. The Labute approximate surface area is 200 Å². The van der Waals surface area contributed by atoms with Crippen LogP contribution in [-0.2, 0) is 9.59 Å². The first-order valence-electron chi connectivity index (χ1n) is 10.6. The molecule has 4 aromatic carbocycles. The van der Waals surface area contributed by atoms with Gasteiger partial charge in [0.25, 0.3) is 0 Å². The lowest BCUT2D eigenvalue weighted by molar-refractivity contribution is -0.107. The molecular formula is C28H20O2P2S. The van der Waals surface area contributed by atoms with E-state index in [9.17, 15) is 9.59 Å². The molecule has 1 heterocycles. The molecule has 1 aliphatic rings. The number of hydrogen-bond acceptors (Lipinski definition) is 3. The van der Waals surface area contributed by atoms with Crippen molar-refractivity contribution in [3.63, 3.8) is 0 Å². The van der Waals surface area contributed by atoms with Crippen LogP contribution < -0.4 is 21.2 Å². The summed E-state index contributed by atoms with van der Waals surface area (Å²) in [4.78, 5) is 26.9. The Morgan fingerprint density at radius 1 is 0.394 bits per heavy atom. The predicted octanol–water partition coefficient (Wildman–Crippen LogP) is 5.26. The van der Waals surface area contributed by atoms with E-state index in [0.717, 1.165) is 33.0 Å². The number of thioether (sulfide) groups is 1. The summed E-state index contributed by atoms with van der Waals surface area (Å²) in [5.74, 6) is 0. The lowest BCUT2D eigenvalue weighted by Gasteiger charge is -2.24. The van der Waals surface area contributed by atoms with Crippen molar-refractivity contribution >= 4 is 59.1 Å². The van der Waals surface area contributed by atoms with Crippen molar-refractivity contribution in [3.05, 3.63) is 132 Å². The second-order valence-electron chi connectivity index (χ2n) is 7.39. The molecule has 0 unspecified atom stereocenters. The van der Waals surface area contributed by atoms with Gasteiger partial charge in [-0.1, -0.05) is 121 Å². The third-order valence-electron chi connectivity index (χ3n) is 5.30. The van der Waals surface area contributed by atoms with Crippen LogP contribution in [0.3, 0.4) is 0 Å². The Bertz CT molecular complexity index is 1130. The van der Waals surface area contributed by atoms with E-state index in [1.54, 1.807) is 0 Å². The highest BCUT2D eigenvalue weighted by Crippen LogP contribution is 2.59. The molecule has 0 spiro atoms. The van der Waals surface area contributed by atoms with Crippen LogP contribution in [0.15, 0.2) is 132 Å². The van der Waals surface area contributed by atoms with Gasteiger partial charge in [0.2, 0.25) is 10.2 Å². The molecular weight excluding hydrogens is 462 g/mol. The van der Waals surface area contributed by atoms with Crippen LogP contribution in [-0.4, -0.2) is 10.2 Å². The summed E-state index contributed by atoms with van der Waals surface area (Å²) in [5, 5.41) is 5.42. The van der Waals surface area contributed by atoms with Crippen molar-refractivity contribution in [2.45, 2.75) is 0 Å². The van der Waals surface area contributed by atoms with Crippen LogP contribution in [0, 0.1) is 0 Å². The van der Waals surface area contributed by atoms with Crippen LogP contribution in [0.4, 0.5) is 0 Å². The summed E-state index contributed by atoms with van der Waals surface area (Å²) in [6.07, 6.45) is 0. The van der Waals surface area contributed by atoms with Crippen molar-refractivity contribution in [2.75, 3.05) is 0 Å². The first-order chi connectivity index (χ1) is 16.2. The van der Waals surface area contributed by atoms with Crippen LogP contribution >= 0.6 is 27.6 Å². The molecule has 0 aliphatic carbocycles.